The number of nitrogens with two attached hydrogens (primary N) is 5. The molecule has 20 N–H and O–H groups in total. The Morgan fingerprint density at radius 1 is 0.616 bits per heavy atom. The number of hydrogen-bond donors (Lipinski definition) is 15. The van der Waals surface area contributed by atoms with Crippen LogP contribution in [0.3, 0.4) is 0 Å². The summed E-state index contributed by atoms with van der Waals surface area (Å²) in [7, 11) is 0. The molecule has 1 fully saturated rings. The first-order chi connectivity index (χ1) is 40.8. The molecule has 0 spiro atoms. The Labute approximate surface area is 499 Å². The summed E-state index contributed by atoms with van der Waals surface area (Å²) in [5, 5.41) is 30.7. The summed E-state index contributed by atoms with van der Waals surface area (Å²) in [5.41, 5.74) is 30.1. The Hall–Kier alpha value is -8.99. The largest absolute Gasteiger partial charge is 0.394 e. The third-order valence-electron chi connectivity index (χ3n) is 13.9. The van der Waals surface area contributed by atoms with Gasteiger partial charge in [0.2, 0.25) is 65.0 Å². The molecule has 470 valence electrons. The molecule has 2 aromatic carbocycles. The number of amides is 11. The van der Waals surface area contributed by atoms with Crippen LogP contribution in [0.2, 0.25) is 0 Å². The maximum atomic E-state index is 14.6. The Morgan fingerprint density at radius 2 is 1.13 bits per heavy atom. The number of carbonyl (C=O) groups is 11. The van der Waals surface area contributed by atoms with Crippen LogP contribution in [0.4, 0.5) is 0 Å². The summed E-state index contributed by atoms with van der Waals surface area (Å²) in [4.78, 5) is 162. The number of aromatic nitrogens is 2. The van der Waals surface area contributed by atoms with Gasteiger partial charge in [-0.15, -0.1) is 0 Å². The van der Waals surface area contributed by atoms with Crippen molar-refractivity contribution in [3.05, 3.63) is 90.0 Å². The quantitative estimate of drug-likeness (QED) is 0.0152. The van der Waals surface area contributed by atoms with Gasteiger partial charge < -0.3 is 86.2 Å². The highest BCUT2D eigenvalue weighted by atomic mass is 16.3. The zero-order chi connectivity index (χ0) is 63.6. The van der Waals surface area contributed by atoms with Crippen LogP contribution < -0.4 is 71.2 Å². The minimum atomic E-state index is -1.69. The number of guanidine groups is 1. The number of aromatic amines is 1. The number of nitrogens with one attached hydrogen (secondary N) is 9. The van der Waals surface area contributed by atoms with Crippen molar-refractivity contribution < 1.29 is 57.8 Å². The van der Waals surface area contributed by atoms with E-state index in [1.54, 1.807) is 74.5 Å². The van der Waals surface area contributed by atoms with Gasteiger partial charge in [-0.25, -0.2) is 4.98 Å². The molecule has 29 nitrogen and oxygen atoms in total. The zero-order valence-electron chi connectivity index (χ0n) is 49.2. The van der Waals surface area contributed by atoms with Crippen LogP contribution in [0.25, 0.3) is 0 Å². The average Bonchev–Trinajstić information content (AvgIpc) is 3.55. The van der Waals surface area contributed by atoms with Crippen molar-refractivity contribution in [3.8, 4) is 0 Å². The zero-order valence-corrected chi connectivity index (χ0v) is 49.2. The molecule has 4 rings (SSSR count). The lowest BCUT2D eigenvalue weighted by molar-refractivity contribution is -0.143. The van der Waals surface area contributed by atoms with E-state index in [9.17, 15) is 57.8 Å². The first-order valence-electron chi connectivity index (χ1n) is 28.5. The summed E-state index contributed by atoms with van der Waals surface area (Å²) in [5.74, 6) is -9.85. The van der Waals surface area contributed by atoms with E-state index in [-0.39, 0.29) is 82.3 Å². The van der Waals surface area contributed by atoms with E-state index in [1.165, 1.54) is 24.3 Å². The number of aliphatic hydroxyl groups excluding tert-OH is 1. The topological polar surface area (TPSA) is 479 Å². The molecular formula is C57H85N17O12. The van der Waals surface area contributed by atoms with Crippen LogP contribution in [0.5, 0.6) is 0 Å². The Bertz CT molecular complexity index is 2800. The van der Waals surface area contributed by atoms with Crippen LogP contribution in [-0.2, 0) is 72.0 Å². The number of carbonyl (C=O) groups excluding carboxylic acids is 11. The van der Waals surface area contributed by atoms with Gasteiger partial charge in [0.25, 0.3) is 0 Å². The molecule has 1 saturated heterocycles. The maximum Gasteiger partial charge on any atom is 0.245 e. The van der Waals surface area contributed by atoms with E-state index < -0.39 is 138 Å². The molecular weight excluding hydrogens is 1110 g/mol. The van der Waals surface area contributed by atoms with E-state index in [1.807, 2.05) is 13.8 Å². The number of benzene rings is 2. The average molecular weight is 1200 g/mol. The highest BCUT2D eigenvalue weighted by molar-refractivity contribution is 5.99. The summed E-state index contributed by atoms with van der Waals surface area (Å²) < 4.78 is 0. The lowest BCUT2D eigenvalue weighted by atomic mass is 10.00. The minimum absolute atomic E-state index is 0.0147. The molecule has 0 bridgehead atoms. The predicted molar refractivity (Wildman–Crippen MR) is 315 cm³/mol. The third-order valence-corrected chi connectivity index (χ3v) is 13.9. The maximum absolute atomic E-state index is 14.6. The predicted octanol–water partition coefficient (Wildman–Crippen LogP) is -3.85. The van der Waals surface area contributed by atoms with Crippen molar-refractivity contribution in [2.45, 2.75) is 159 Å². The monoisotopic (exact) mass is 1200 g/mol. The van der Waals surface area contributed by atoms with E-state index in [0.717, 1.165) is 5.56 Å². The molecule has 10 atom stereocenters. The second kappa shape index (κ2) is 34.7. The van der Waals surface area contributed by atoms with E-state index in [4.69, 9.17) is 28.7 Å². The normalized spacial score (nSPS) is 16.1. The van der Waals surface area contributed by atoms with Crippen LogP contribution >= 0.6 is 0 Å². The molecule has 29 heteroatoms. The molecule has 1 aromatic heterocycles. The highest BCUT2D eigenvalue weighted by Gasteiger charge is 2.41. The number of imidazole rings is 1. The smallest absolute Gasteiger partial charge is 0.245 e. The number of aliphatic imine (C=N–C) groups is 1. The molecule has 1 aliphatic heterocycles. The fourth-order valence-electron chi connectivity index (χ4n) is 9.45. The van der Waals surface area contributed by atoms with Gasteiger partial charge in [0.1, 0.15) is 54.4 Å². The van der Waals surface area contributed by atoms with Crippen LogP contribution in [0.1, 0.15) is 96.4 Å². The van der Waals surface area contributed by atoms with Gasteiger partial charge in [-0.05, 0) is 68.4 Å². The van der Waals surface area contributed by atoms with Crippen molar-refractivity contribution in [1.82, 2.24) is 57.4 Å². The van der Waals surface area contributed by atoms with Crippen molar-refractivity contribution in [2.24, 2.45) is 45.5 Å². The molecule has 3 aromatic rings. The van der Waals surface area contributed by atoms with Crippen LogP contribution in [0.15, 0.2) is 78.2 Å². The summed E-state index contributed by atoms with van der Waals surface area (Å²) in [6, 6.07) is 4.05. The second-order valence-electron chi connectivity index (χ2n) is 22.1. The van der Waals surface area contributed by atoms with Crippen LogP contribution in [-0.4, -0.2) is 171 Å². The van der Waals surface area contributed by atoms with Crippen molar-refractivity contribution in [1.29, 1.82) is 0 Å². The lowest BCUT2D eigenvalue weighted by Crippen LogP contribution is -2.61. The van der Waals surface area contributed by atoms with Gasteiger partial charge >= 0.3 is 0 Å². The summed E-state index contributed by atoms with van der Waals surface area (Å²) >= 11 is 0. The van der Waals surface area contributed by atoms with Crippen molar-refractivity contribution in [2.75, 3.05) is 19.7 Å². The fourth-order valence-corrected chi connectivity index (χ4v) is 9.45. The number of H-pyrrole nitrogens is 1. The van der Waals surface area contributed by atoms with Gasteiger partial charge in [0, 0.05) is 44.2 Å². The Kier molecular flexibility index (Phi) is 28.0. The summed E-state index contributed by atoms with van der Waals surface area (Å²) in [6.45, 7) is 7.77. The van der Waals surface area contributed by atoms with Crippen molar-refractivity contribution in [3.63, 3.8) is 0 Å². The first-order valence-corrected chi connectivity index (χ1v) is 28.5. The van der Waals surface area contributed by atoms with Gasteiger partial charge in [-0.2, -0.15) is 0 Å². The van der Waals surface area contributed by atoms with Gasteiger partial charge in [0.05, 0.1) is 25.4 Å². The fraction of sp³-hybridized carbons (Fsp3) is 0.526. The van der Waals surface area contributed by atoms with Crippen LogP contribution in [0, 0.1) is 11.8 Å². The number of nitrogens with zero attached hydrogens (tertiary/aromatic N) is 3. The highest BCUT2D eigenvalue weighted by Crippen LogP contribution is 2.22. The molecule has 0 radical (unpaired) electrons. The summed E-state index contributed by atoms with van der Waals surface area (Å²) in [6.07, 6.45) is 2.99. The molecule has 2 heterocycles. The first kappa shape index (κ1) is 69.5. The molecule has 11 amide bonds. The van der Waals surface area contributed by atoms with Gasteiger partial charge in [-0.1, -0.05) is 88.4 Å². The van der Waals surface area contributed by atoms with Gasteiger partial charge in [-0.3, -0.25) is 57.7 Å². The standard InChI is InChI=1S/C57H85N17O12/c1-31(2)22-40(52(82)67-38(18-12-20-64-57(61)62)50(80)68-39(47(60)77)24-34-14-8-6-9-15-34)71-55(85)45-19-13-21-74(45)56(86)43(23-32(3)4)72-53(83)42(27-46(59)76)69-48(78)33(5)66-51(81)41(25-35-16-10-7-11-17-35)70-54(84)44(29-75)73-49(79)37(58)26-36-28-63-30-65-36/h6-11,14-17,28,30-33,37-45,75H,12-13,18-27,29,58H2,1-5H3,(H2,59,76)(H2,60,77)(H,63,65)(H,66,81)(H,67,82)(H,68,80)(H,69,78)(H,70,84)(H,71,85)(H,72,83)(H,73,79)(H4,61,62,64)/t33-,37-,38-,39-,40-,41-,42-,43-,44-,45-/m0/s1. The van der Waals surface area contributed by atoms with Gasteiger partial charge in [0.15, 0.2) is 5.96 Å². The molecule has 0 aliphatic carbocycles. The second-order valence-corrected chi connectivity index (χ2v) is 22.1. The molecule has 1 aliphatic rings. The molecule has 0 saturated carbocycles. The minimum Gasteiger partial charge on any atom is -0.394 e. The SMILES string of the molecule is CC(C)C[C@H](NC(=O)[C@@H]1CCCN1C(=O)[C@H](CC(C)C)NC(=O)[C@H](CC(N)=O)NC(=O)[C@H](C)NC(=O)[C@H](Cc1ccccc1)NC(=O)[C@H](CO)NC(=O)[C@@H](N)Cc1cnc[nH]1)C(=O)N[C@@H](CCCN=C(N)N)C(=O)N[C@@H](Cc1ccccc1)C(N)=O. The van der Waals surface area contributed by atoms with E-state index in [2.05, 4.69) is 57.5 Å². The number of hydrogen-bond acceptors (Lipinski definition) is 15. The number of rotatable bonds is 35. The molecule has 86 heavy (non-hydrogen) atoms. The lowest BCUT2D eigenvalue weighted by Gasteiger charge is -2.32. The third kappa shape index (κ3) is 23.2. The van der Waals surface area contributed by atoms with E-state index in [0.29, 0.717) is 17.7 Å². The number of likely N-dealkylation sites (tertiary alicyclic amines) is 1. The van der Waals surface area contributed by atoms with E-state index >= 15 is 0 Å². The number of primary amides is 2. The number of aliphatic hydroxyl groups is 1. The Morgan fingerprint density at radius 3 is 1.69 bits per heavy atom. The molecule has 0 unspecified atom stereocenters. The van der Waals surface area contributed by atoms with Crippen molar-refractivity contribution >= 4 is 70.9 Å². The Balaban J connectivity index is 1.48.